The zero-order valence-corrected chi connectivity index (χ0v) is 10.8. The molecule has 1 fully saturated rings. The van der Waals surface area contributed by atoms with Crippen LogP contribution in [0, 0.1) is 0 Å². The minimum Gasteiger partial charge on any atom is -0.356 e. The van der Waals surface area contributed by atoms with E-state index >= 15 is 0 Å². The van der Waals surface area contributed by atoms with E-state index < -0.39 is 0 Å². The quantitative estimate of drug-likeness (QED) is 0.792. The molecular formula is C14H23N3. The molecule has 0 spiro atoms. The summed E-state index contributed by atoms with van der Waals surface area (Å²) in [6, 6.07) is 4.23. The van der Waals surface area contributed by atoms with Crippen LogP contribution < -0.4 is 10.2 Å². The molecular weight excluding hydrogens is 210 g/mol. The summed E-state index contributed by atoms with van der Waals surface area (Å²) < 4.78 is 0. The van der Waals surface area contributed by atoms with Crippen LogP contribution in [0.25, 0.3) is 0 Å². The minimum absolute atomic E-state index is 0.938. The Hall–Kier alpha value is -1.09. The van der Waals surface area contributed by atoms with E-state index in [0.29, 0.717) is 0 Å². The van der Waals surface area contributed by atoms with Gasteiger partial charge in [0.25, 0.3) is 0 Å². The Labute approximate surface area is 104 Å². The van der Waals surface area contributed by atoms with Crippen molar-refractivity contribution in [1.29, 1.82) is 0 Å². The molecule has 1 aliphatic heterocycles. The Bertz CT molecular complexity index is 332. The van der Waals surface area contributed by atoms with Gasteiger partial charge in [0, 0.05) is 31.4 Å². The van der Waals surface area contributed by atoms with E-state index in [0.717, 1.165) is 26.2 Å². The van der Waals surface area contributed by atoms with Gasteiger partial charge >= 0.3 is 0 Å². The molecule has 3 heteroatoms. The van der Waals surface area contributed by atoms with Crippen molar-refractivity contribution in [3.63, 3.8) is 0 Å². The van der Waals surface area contributed by atoms with Crippen LogP contribution in [0.15, 0.2) is 18.3 Å². The molecule has 2 heterocycles. The van der Waals surface area contributed by atoms with Gasteiger partial charge in [0.2, 0.25) is 0 Å². The number of piperidine rings is 1. The lowest BCUT2D eigenvalue weighted by Gasteiger charge is -2.29. The highest BCUT2D eigenvalue weighted by molar-refractivity contribution is 5.46. The van der Waals surface area contributed by atoms with Crippen molar-refractivity contribution in [2.24, 2.45) is 0 Å². The zero-order chi connectivity index (χ0) is 11.9. The van der Waals surface area contributed by atoms with Gasteiger partial charge < -0.3 is 10.2 Å². The second-order valence-corrected chi connectivity index (χ2v) is 4.71. The molecule has 1 aromatic rings. The fourth-order valence-corrected chi connectivity index (χ4v) is 2.36. The number of pyridine rings is 1. The average Bonchev–Trinajstić information content (AvgIpc) is 2.41. The fraction of sp³-hybridized carbons (Fsp3) is 0.643. The maximum Gasteiger partial charge on any atom is 0.133 e. The molecule has 1 saturated heterocycles. The van der Waals surface area contributed by atoms with Crippen molar-refractivity contribution in [3.8, 4) is 0 Å². The van der Waals surface area contributed by atoms with Crippen LogP contribution in [0.3, 0.4) is 0 Å². The van der Waals surface area contributed by atoms with Gasteiger partial charge in [-0.05, 0) is 38.3 Å². The van der Waals surface area contributed by atoms with Gasteiger partial charge in [-0.2, -0.15) is 0 Å². The molecule has 1 N–H and O–H groups in total. The van der Waals surface area contributed by atoms with Crippen LogP contribution in [0.4, 0.5) is 5.82 Å². The van der Waals surface area contributed by atoms with E-state index in [2.05, 4.69) is 28.2 Å². The van der Waals surface area contributed by atoms with Crippen LogP contribution >= 0.6 is 0 Å². The van der Waals surface area contributed by atoms with E-state index in [-0.39, 0.29) is 0 Å². The van der Waals surface area contributed by atoms with E-state index in [1.807, 2.05) is 12.3 Å². The molecule has 0 amide bonds. The Morgan fingerprint density at radius 1 is 1.29 bits per heavy atom. The molecule has 0 aliphatic carbocycles. The summed E-state index contributed by atoms with van der Waals surface area (Å²) in [7, 11) is 0. The van der Waals surface area contributed by atoms with Crippen molar-refractivity contribution in [2.45, 2.75) is 39.2 Å². The lowest BCUT2D eigenvalue weighted by atomic mass is 10.1. The standard InChI is InChI=1S/C14H23N3/c1-2-8-15-12-13-7-6-9-16-14(13)17-10-4-3-5-11-17/h6-7,9,15H,2-5,8,10-12H2,1H3. The summed E-state index contributed by atoms with van der Waals surface area (Å²) in [5, 5.41) is 3.46. The first-order chi connectivity index (χ1) is 8.42. The van der Waals surface area contributed by atoms with Gasteiger partial charge in [0.15, 0.2) is 0 Å². The third kappa shape index (κ3) is 3.43. The first-order valence-corrected chi connectivity index (χ1v) is 6.81. The molecule has 0 unspecified atom stereocenters. The number of rotatable bonds is 5. The van der Waals surface area contributed by atoms with Gasteiger partial charge in [-0.1, -0.05) is 13.0 Å². The van der Waals surface area contributed by atoms with Crippen LogP contribution in [0.1, 0.15) is 38.2 Å². The van der Waals surface area contributed by atoms with Crippen LogP contribution in [-0.2, 0) is 6.54 Å². The summed E-state index contributed by atoms with van der Waals surface area (Å²) in [6.45, 7) is 6.54. The molecule has 17 heavy (non-hydrogen) atoms. The number of aromatic nitrogens is 1. The second kappa shape index (κ2) is 6.60. The topological polar surface area (TPSA) is 28.2 Å². The Morgan fingerprint density at radius 2 is 2.12 bits per heavy atom. The number of nitrogens with one attached hydrogen (secondary N) is 1. The molecule has 1 aliphatic rings. The molecule has 94 valence electrons. The normalized spacial score (nSPS) is 16.2. The Balaban J connectivity index is 2.03. The summed E-state index contributed by atoms with van der Waals surface area (Å²) in [6.07, 6.45) is 7.07. The fourth-order valence-electron chi connectivity index (χ4n) is 2.36. The lowest BCUT2D eigenvalue weighted by molar-refractivity contribution is 0.569. The van der Waals surface area contributed by atoms with Crippen LogP contribution in [-0.4, -0.2) is 24.6 Å². The minimum atomic E-state index is 0.938. The predicted octanol–water partition coefficient (Wildman–Crippen LogP) is 2.57. The van der Waals surface area contributed by atoms with E-state index in [4.69, 9.17) is 0 Å². The highest BCUT2D eigenvalue weighted by Gasteiger charge is 2.14. The van der Waals surface area contributed by atoms with Crippen molar-refractivity contribution in [2.75, 3.05) is 24.5 Å². The van der Waals surface area contributed by atoms with E-state index in [1.54, 1.807) is 0 Å². The molecule has 0 saturated carbocycles. The Morgan fingerprint density at radius 3 is 2.88 bits per heavy atom. The van der Waals surface area contributed by atoms with E-state index in [9.17, 15) is 0 Å². The van der Waals surface area contributed by atoms with Crippen molar-refractivity contribution in [1.82, 2.24) is 10.3 Å². The summed E-state index contributed by atoms with van der Waals surface area (Å²) in [4.78, 5) is 7.00. The third-order valence-electron chi connectivity index (χ3n) is 3.27. The number of hydrogen-bond donors (Lipinski definition) is 1. The largest absolute Gasteiger partial charge is 0.356 e. The molecule has 3 nitrogen and oxygen atoms in total. The SMILES string of the molecule is CCCNCc1cccnc1N1CCCCC1. The number of nitrogens with zero attached hydrogens (tertiary/aromatic N) is 2. The molecule has 0 aromatic carbocycles. The van der Waals surface area contributed by atoms with Gasteiger partial charge in [-0.15, -0.1) is 0 Å². The summed E-state index contributed by atoms with van der Waals surface area (Å²) in [5.74, 6) is 1.19. The highest BCUT2D eigenvalue weighted by atomic mass is 15.2. The van der Waals surface area contributed by atoms with Crippen LogP contribution in [0.2, 0.25) is 0 Å². The zero-order valence-electron chi connectivity index (χ0n) is 10.8. The summed E-state index contributed by atoms with van der Waals surface area (Å²) >= 11 is 0. The summed E-state index contributed by atoms with van der Waals surface area (Å²) in [5.41, 5.74) is 1.34. The molecule has 0 bridgehead atoms. The van der Waals surface area contributed by atoms with Crippen LogP contribution in [0.5, 0.6) is 0 Å². The van der Waals surface area contributed by atoms with E-state index in [1.165, 1.54) is 37.1 Å². The molecule has 2 rings (SSSR count). The number of anilines is 1. The molecule has 0 atom stereocenters. The van der Waals surface area contributed by atoms with Crippen molar-refractivity contribution >= 4 is 5.82 Å². The van der Waals surface area contributed by atoms with Gasteiger partial charge in [-0.3, -0.25) is 0 Å². The van der Waals surface area contributed by atoms with Gasteiger partial charge in [-0.25, -0.2) is 4.98 Å². The first kappa shape index (κ1) is 12.4. The maximum atomic E-state index is 4.57. The van der Waals surface area contributed by atoms with Crippen molar-refractivity contribution < 1.29 is 0 Å². The second-order valence-electron chi connectivity index (χ2n) is 4.71. The highest BCUT2D eigenvalue weighted by Crippen LogP contribution is 2.21. The smallest absolute Gasteiger partial charge is 0.133 e. The van der Waals surface area contributed by atoms with Gasteiger partial charge in [0.1, 0.15) is 5.82 Å². The predicted molar refractivity (Wildman–Crippen MR) is 72.3 cm³/mol. The monoisotopic (exact) mass is 233 g/mol. The Kier molecular flexibility index (Phi) is 4.80. The average molecular weight is 233 g/mol. The molecule has 0 radical (unpaired) electrons. The maximum absolute atomic E-state index is 4.57. The number of hydrogen-bond acceptors (Lipinski definition) is 3. The van der Waals surface area contributed by atoms with Crippen molar-refractivity contribution in [3.05, 3.63) is 23.9 Å². The third-order valence-corrected chi connectivity index (χ3v) is 3.27. The lowest BCUT2D eigenvalue weighted by Crippen LogP contribution is -2.31. The van der Waals surface area contributed by atoms with Gasteiger partial charge in [0.05, 0.1) is 0 Å². The first-order valence-electron chi connectivity index (χ1n) is 6.81. The molecule has 1 aromatic heterocycles.